The fourth-order valence-electron chi connectivity index (χ4n) is 3.01. The van der Waals surface area contributed by atoms with Gasteiger partial charge in [0.25, 0.3) is 0 Å². The molecule has 1 aromatic heterocycles. The number of furan rings is 1. The number of urea groups is 1. The Kier molecular flexibility index (Phi) is 4.25. The van der Waals surface area contributed by atoms with E-state index in [9.17, 15) is 14.7 Å². The number of amides is 2. The number of hydrogen-bond acceptors (Lipinski definition) is 3. The summed E-state index contributed by atoms with van der Waals surface area (Å²) in [6.45, 7) is 4.69. The van der Waals surface area contributed by atoms with Gasteiger partial charge < -0.3 is 19.3 Å². The first kappa shape index (κ1) is 15.4. The molecule has 0 bridgehead atoms. The van der Waals surface area contributed by atoms with Gasteiger partial charge in [-0.3, -0.25) is 0 Å². The monoisotopic (exact) mass is 294 g/mol. The van der Waals surface area contributed by atoms with E-state index in [-0.39, 0.29) is 6.03 Å². The molecule has 1 saturated heterocycles. The van der Waals surface area contributed by atoms with Gasteiger partial charge in [0, 0.05) is 19.2 Å². The number of piperidine rings is 1. The van der Waals surface area contributed by atoms with E-state index in [2.05, 4.69) is 0 Å². The summed E-state index contributed by atoms with van der Waals surface area (Å²) in [5, 5.41) is 9.50. The summed E-state index contributed by atoms with van der Waals surface area (Å²) in [5.74, 6) is -0.940. The van der Waals surface area contributed by atoms with Gasteiger partial charge in [-0.25, -0.2) is 9.59 Å². The third-order valence-corrected chi connectivity index (χ3v) is 4.08. The molecule has 6 heteroatoms. The number of likely N-dealkylation sites (tertiary alicyclic amines) is 1. The van der Waals surface area contributed by atoms with E-state index >= 15 is 0 Å². The lowest BCUT2D eigenvalue weighted by Crippen LogP contribution is -2.58. The van der Waals surface area contributed by atoms with Gasteiger partial charge in [-0.15, -0.1) is 0 Å². The van der Waals surface area contributed by atoms with Crippen molar-refractivity contribution in [2.24, 2.45) is 5.41 Å². The molecule has 2 amide bonds. The normalized spacial score (nSPS) is 21.1. The van der Waals surface area contributed by atoms with Gasteiger partial charge in [-0.2, -0.15) is 0 Å². The minimum atomic E-state index is -0.940. The molecule has 0 spiro atoms. The maximum absolute atomic E-state index is 12.6. The zero-order valence-electron chi connectivity index (χ0n) is 12.7. The average Bonchev–Trinajstić information content (AvgIpc) is 2.88. The van der Waals surface area contributed by atoms with Crippen molar-refractivity contribution in [1.29, 1.82) is 0 Å². The molecule has 1 aromatic rings. The average molecular weight is 294 g/mol. The van der Waals surface area contributed by atoms with Crippen molar-refractivity contribution in [2.75, 3.05) is 13.6 Å². The van der Waals surface area contributed by atoms with Crippen molar-refractivity contribution in [3.8, 4) is 0 Å². The van der Waals surface area contributed by atoms with Gasteiger partial charge in [-0.05, 0) is 24.3 Å². The molecule has 1 unspecified atom stereocenters. The molecule has 0 radical (unpaired) electrons. The van der Waals surface area contributed by atoms with Gasteiger partial charge in [0.1, 0.15) is 6.04 Å². The summed E-state index contributed by atoms with van der Waals surface area (Å²) >= 11 is 0. The zero-order valence-corrected chi connectivity index (χ0v) is 12.7. The van der Waals surface area contributed by atoms with Crippen LogP contribution in [0.1, 0.15) is 32.3 Å². The van der Waals surface area contributed by atoms with Crippen LogP contribution in [-0.2, 0) is 11.3 Å². The summed E-state index contributed by atoms with van der Waals surface area (Å²) < 4.78 is 4.99. The Labute approximate surface area is 124 Å². The lowest BCUT2D eigenvalue weighted by Gasteiger charge is -2.45. The van der Waals surface area contributed by atoms with Crippen LogP contribution < -0.4 is 0 Å². The molecule has 1 aliphatic rings. The minimum absolute atomic E-state index is 0.253. The Morgan fingerprint density at radius 2 is 2.24 bits per heavy atom. The first-order valence-corrected chi connectivity index (χ1v) is 7.08. The predicted octanol–water partition coefficient (Wildman–Crippen LogP) is 2.41. The molecule has 1 N–H and O–H groups in total. The largest absolute Gasteiger partial charge is 0.480 e. The molecule has 21 heavy (non-hydrogen) atoms. The molecule has 116 valence electrons. The van der Waals surface area contributed by atoms with Gasteiger partial charge in [0.15, 0.2) is 0 Å². The van der Waals surface area contributed by atoms with Crippen LogP contribution in [0.2, 0.25) is 0 Å². The van der Waals surface area contributed by atoms with Crippen molar-refractivity contribution < 1.29 is 19.1 Å². The predicted molar refractivity (Wildman–Crippen MR) is 76.7 cm³/mol. The van der Waals surface area contributed by atoms with E-state index < -0.39 is 17.4 Å². The Bertz CT molecular complexity index is 510. The summed E-state index contributed by atoms with van der Waals surface area (Å²) in [6, 6.07) is 0.750. The number of carboxylic acid groups (broad SMARTS) is 1. The lowest BCUT2D eigenvalue weighted by atomic mass is 9.76. The number of carboxylic acids is 1. The molecular weight excluding hydrogens is 272 g/mol. The van der Waals surface area contributed by atoms with Crippen LogP contribution in [-0.4, -0.2) is 46.5 Å². The second kappa shape index (κ2) is 5.79. The number of carbonyl (C=O) groups is 2. The number of hydrogen-bond donors (Lipinski definition) is 1. The maximum Gasteiger partial charge on any atom is 0.327 e. The van der Waals surface area contributed by atoms with E-state index in [0.717, 1.165) is 18.4 Å². The van der Waals surface area contributed by atoms with Crippen LogP contribution in [0.5, 0.6) is 0 Å². The highest BCUT2D eigenvalue weighted by molar-refractivity contribution is 5.83. The highest BCUT2D eigenvalue weighted by Gasteiger charge is 2.45. The first-order valence-electron chi connectivity index (χ1n) is 7.08. The van der Waals surface area contributed by atoms with Crippen molar-refractivity contribution in [3.05, 3.63) is 24.2 Å². The highest BCUT2D eigenvalue weighted by atomic mass is 16.4. The highest BCUT2D eigenvalue weighted by Crippen LogP contribution is 2.35. The zero-order chi connectivity index (χ0) is 15.6. The fourth-order valence-corrected chi connectivity index (χ4v) is 3.01. The van der Waals surface area contributed by atoms with Crippen LogP contribution >= 0.6 is 0 Å². The number of rotatable bonds is 3. The van der Waals surface area contributed by atoms with Crippen molar-refractivity contribution in [3.63, 3.8) is 0 Å². The SMILES string of the molecule is CN(Cc1ccoc1)C(=O)N1CCCC(C)(C)C1C(=O)O. The Morgan fingerprint density at radius 1 is 1.52 bits per heavy atom. The number of carbonyl (C=O) groups excluding carboxylic acids is 1. The second-order valence-electron chi connectivity index (χ2n) is 6.30. The molecule has 2 rings (SSSR count). The standard InChI is InChI=1S/C15H22N2O4/c1-15(2)6-4-7-17(12(15)13(18)19)14(20)16(3)9-11-5-8-21-10-11/h5,8,10,12H,4,6-7,9H2,1-3H3,(H,18,19). The van der Waals surface area contributed by atoms with E-state index in [1.807, 2.05) is 13.8 Å². The third kappa shape index (κ3) is 3.20. The van der Waals surface area contributed by atoms with Crippen LogP contribution in [0.25, 0.3) is 0 Å². The van der Waals surface area contributed by atoms with Gasteiger partial charge in [-0.1, -0.05) is 13.8 Å². The van der Waals surface area contributed by atoms with E-state index in [4.69, 9.17) is 4.42 Å². The smallest absolute Gasteiger partial charge is 0.327 e. The summed E-state index contributed by atoms with van der Waals surface area (Å²) in [6.07, 6.45) is 4.76. The molecule has 6 nitrogen and oxygen atoms in total. The van der Waals surface area contributed by atoms with E-state index in [0.29, 0.717) is 13.1 Å². The fraction of sp³-hybridized carbons (Fsp3) is 0.600. The summed E-state index contributed by atoms with van der Waals surface area (Å²) in [7, 11) is 1.68. The first-order chi connectivity index (χ1) is 9.83. The van der Waals surface area contributed by atoms with E-state index in [1.165, 1.54) is 9.80 Å². The second-order valence-corrected chi connectivity index (χ2v) is 6.30. The Balaban J connectivity index is 2.14. The maximum atomic E-state index is 12.6. The molecular formula is C15H22N2O4. The van der Waals surface area contributed by atoms with Crippen molar-refractivity contribution in [2.45, 2.75) is 39.3 Å². The van der Waals surface area contributed by atoms with Gasteiger partial charge >= 0.3 is 12.0 Å². The molecule has 1 fully saturated rings. The quantitative estimate of drug-likeness (QED) is 0.929. The van der Waals surface area contributed by atoms with E-state index in [1.54, 1.807) is 25.6 Å². The van der Waals surface area contributed by atoms with Gasteiger partial charge in [0.05, 0.1) is 19.1 Å². The molecule has 1 atom stereocenters. The molecule has 0 saturated carbocycles. The number of aliphatic carboxylic acids is 1. The van der Waals surface area contributed by atoms with Crippen LogP contribution in [0, 0.1) is 5.41 Å². The van der Waals surface area contributed by atoms with Crippen LogP contribution in [0.3, 0.4) is 0 Å². The summed E-state index contributed by atoms with van der Waals surface area (Å²) in [4.78, 5) is 27.2. The third-order valence-electron chi connectivity index (χ3n) is 4.08. The van der Waals surface area contributed by atoms with Gasteiger partial charge in [0.2, 0.25) is 0 Å². The molecule has 1 aliphatic heterocycles. The Hall–Kier alpha value is -1.98. The minimum Gasteiger partial charge on any atom is -0.480 e. The lowest BCUT2D eigenvalue weighted by molar-refractivity contribution is -0.148. The molecule has 0 aliphatic carbocycles. The summed E-state index contributed by atoms with van der Waals surface area (Å²) in [5.41, 5.74) is 0.463. The number of nitrogens with zero attached hydrogens (tertiary/aromatic N) is 2. The van der Waals surface area contributed by atoms with Crippen LogP contribution in [0.4, 0.5) is 4.79 Å². The topological polar surface area (TPSA) is 74.0 Å². The molecule has 2 heterocycles. The Morgan fingerprint density at radius 3 is 2.81 bits per heavy atom. The van der Waals surface area contributed by atoms with Crippen molar-refractivity contribution >= 4 is 12.0 Å². The molecule has 0 aromatic carbocycles. The van der Waals surface area contributed by atoms with Crippen molar-refractivity contribution in [1.82, 2.24) is 9.80 Å². The van der Waals surface area contributed by atoms with Crippen LogP contribution in [0.15, 0.2) is 23.0 Å².